The average Bonchev–Trinajstić information content (AvgIpc) is 2.84. The van der Waals surface area contributed by atoms with E-state index >= 15 is 0 Å². The Morgan fingerprint density at radius 3 is 2.38 bits per heavy atom. The predicted octanol–water partition coefficient (Wildman–Crippen LogP) is 4.21. The summed E-state index contributed by atoms with van der Waals surface area (Å²) in [6, 6.07) is 15.2. The lowest BCUT2D eigenvalue weighted by Gasteiger charge is -2.13. The molecule has 1 aliphatic heterocycles. The molecule has 0 aliphatic carbocycles. The van der Waals surface area contributed by atoms with E-state index in [9.17, 15) is 4.79 Å². The largest absolute Gasteiger partial charge is 0.378 e. The highest BCUT2D eigenvalue weighted by molar-refractivity contribution is 6.37. The minimum absolute atomic E-state index is 0.169. The van der Waals surface area contributed by atoms with Gasteiger partial charge < -0.3 is 4.90 Å². The van der Waals surface area contributed by atoms with Crippen LogP contribution in [0.2, 0.25) is 5.02 Å². The third kappa shape index (κ3) is 3.05. The molecule has 122 valence electrons. The van der Waals surface area contributed by atoms with E-state index in [1.54, 1.807) is 12.1 Å². The predicted molar refractivity (Wildman–Crippen MR) is 101 cm³/mol. The number of hydrogen-bond donors (Lipinski definition) is 0. The molecule has 4 nitrogen and oxygen atoms in total. The summed E-state index contributed by atoms with van der Waals surface area (Å²) in [5.41, 5.74) is 3.91. The second kappa shape index (κ2) is 6.49. The van der Waals surface area contributed by atoms with Gasteiger partial charge in [0.1, 0.15) is 0 Å². The van der Waals surface area contributed by atoms with E-state index in [0.717, 1.165) is 11.3 Å². The highest BCUT2D eigenvalue weighted by atomic mass is 35.5. The molecule has 0 saturated carbocycles. The summed E-state index contributed by atoms with van der Waals surface area (Å²) in [5.74, 6) is -0.169. The lowest BCUT2D eigenvalue weighted by atomic mass is 10.1. The molecule has 0 aromatic heterocycles. The molecule has 3 rings (SSSR count). The third-order valence-corrected chi connectivity index (χ3v) is 4.18. The van der Waals surface area contributed by atoms with Gasteiger partial charge in [0.25, 0.3) is 5.91 Å². The number of hydrazone groups is 1. The molecule has 0 radical (unpaired) electrons. The number of rotatable bonds is 3. The van der Waals surface area contributed by atoms with Gasteiger partial charge in [-0.2, -0.15) is 10.1 Å². The number of para-hydroxylation sites is 1. The van der Waals surface area contributed by atoms with E-state index in [0.29, 0.717) is 22.0 Å². The number of nitrogens with zero attached hydrogens (tertiary/aromatic N) is 3. The maximum atomic E-state index is 12.7. The Kier molecular flexibility index (Phi) is 4.40. The Bertz CT molecular complexity index is 838. The summed E-state index contributed by atoms with van der Waals surface area (Å²) in [6.45, 7) is 1.83. The summed E-state index contributed by atoms with van der Waals surface area (Å²) in [6.07, 6.45) is 1.86. The average molecular weight is 340 g/mol. The summed E-state index contributed by atoms with van der Waals surface area (Å²) >= 11 is 6.19. The zero-order valence-electron chi connectivity index (χ0n) is 13.8. The fraction of sp³-hybridized carbons (Fsp3) is 0.158. The van der Waals surface area contributed by atoms with Crippen molar-refractivity contribution < 1.29 is 4.79 Å². The number of carbonyl (C=O) groups excluding carboxylic acids is 1. The van der Waals surface area contributed by atoms with Crippen molar-refractivity contribution in [1.29, 1.82) is 0 Å². The Balaban J connectivity index is 1.91. The lowest BCUT2D eigenvalue weighted by Crippen LogP contribution is -2.21. The van der Waals surface area contributed by atoms with Crippen LogP contribution in [0.3, 0.4) is 0 Å². The molecule has 1 aliphatic rings. The second-order valence-electron chi connectivity index (χ2n) is 5.80. The molecule has 24 heavy (non-hydrogen) atoms. The highest BCUT2D eigenvalue weighted by Gasteiger charge is 2.29. The van der Waals surface area contributed by atoms with E-state index in [-0.39, 0.29) is 5.91 Å². The zero-order chi connectivity index (χ0) is 17.3. The topological polar surface area (TPSA) is 35.9 Å². The fourth-order valence-electron chi connectivity index (χ4n) is 2.51. The Morgan fingerprint density at radius 2 is 1.75 bits per heavy atom. The van der Waals surface area contributed by atoms with Crippen LogP contribution in [0.25, 0.3) is 6.08 Å². The van der Waals surface area contributed by atoms with Crippen molar-refractivity contribution in [2.45, 2.75) is 6.92 Å². The Hall–Kier alpha value is -2.59. The standard InChI is InChI=1S/C19H18ClN3O/c1-13-16(12-14-8-10-15(11-9-14)22(2)3)19(24)23(21-13)18-7-5-4-6-17(18)20/h4-12H,1-3H3/b16-12-. The molecule has 2 aromatic rings. The Morgan fingerprint density at radius 1 is 1.08 bits per heavy atom. The molecule has 5 heteroatoms. The highest BCUT2D eigenvalue weighted by Crippen LogP contribution is 2.30. The van der Waals surface area contributed by atoms with Crippen LogP contribution in [-0.4, -0.2) is 25.7 Å². The van der Waals surface area contributed by atoms with Crippen LogP contribution in [0.4, 0.5) is 11.4 Å². The van der Waals surface area contributed by atoms with Gasteiger partial charge in [-0.25, -0.2) is 0 Å². The minimum Gasteiger partial charge on any atom is -0.378 e. The number of benzene rings is 2. The third-order valence-electron chi connectivity index (χ3n) is 3.86. The minimum atomic E-state index is -0.169. The monoisotopic (exact) mass is 339 g/mol. The first kappa shape index (κ1) is 16.3. The van der Waals surface area contributed by atoms with Crippen molar-refractivity contribution in [1.82, 2.24) is 0 Å². The van der Waals surface area contributed by atoms with Gasteiger partial charge in [-0.05, 0) is 42.8 Å². The van der Waals surface area contributed by atoms with Gasteiger partial charge in [-0.15, -0.1) is 0 Å². The van der Waals surface area contributed by atoms with Crippen LogP contribution in [0, 0.1) is 0 Å². The van der Waals surface area contributed by atoms with E-state index in [1.165, 1.54) is 5.01 Å². The molecular weight excluding hydrogens is 322 g/mol. The summed E-state index contributed by atoms with van der Waals surface area (Å²) in [7, 11) is 3.98. The van der Waals surface area contributed by atoms with E-state index in [1.807, 2.05) is 68.4 Å². The van der Waals surface area contributed by atoms with E-state index in [2.05, 4.69) is 5.10 Å². The number of anilines is 2. The van der Waals surface area contributed by atoms with Gasteiger partial charge in [-0.3, -0.25) is 4.79 Å². The molecule has 0 fully saturated rings. The molecule has 0 atom stereocenters. The summed E-state index contributed by atoms with van der Waals surface area (Å²) in [5, 5.41) is 6.22. The maximum Gasteiger partial charge on any atom is 0.280 e. The molecule has 0 unspecified atom stereocenters. The number of hydrogen-bond acceptors (Lipinski definition) is 3. The van der Waals surface area contributed by atoms with Crippen LogP contribution in [-0.2, 0) is 4.79 Å². The first-order valence-electron chi connectivity index (χ1n) is 7.61. The summed E-state index contributed by atoms with van der Waals surface area (Å²) in [4.78, 5) is 14.8. The first-order valence-corrected chi connectivity index (χ1v) is 7.99. The van der Waals surface area contributed by atoms with Gasteiger partial charge in [0, 0.05) is 19.8 Å². The number of amides is 1. The number of carbonyl (C=O) groups is 1. The van der Waals surface area contributed by atoms with Crippen LogP contribution in [0.15, 0.2) is 59.2 Å². The van der Waals surface area contributed by atoms with Crippen LogP contribution < -0.4 is 9.91 Å². The molecule has 0 spiro atoms. The molecular formula is C19H18ClN3O. The second-order valence-corrected chi connectivity index (χ2v) is 6.20. The zero-order valence-corrected chi connectivity index (χ0v) is 14.6. The van der Waals surface area contributed by atoms with Crippen molar-refractivity contribution in [3.8, 4) is 0 Å². The Labute approximate surface area is 146 Å². The SMILES string of the molecule is CC1=NN(c2ccccc2Cl)C(=O)/C1=C\c1ccc(N(C)C)cc1. The van der Waals surface area contributed by atoms with Crippen LogP contribution >= 0.6 is 11.6 Å². The van der Waals surface area contributed by atoms with Gasteiger partial charge in [0.2, 0.25) is 0 Å². The molecule has 0 bridgehead atoms. The van der Waals surface area contributed by atoms with Crippen molar-refractivity contribution in [3.05, 3.63) is 64.7 Å². The van der Waals surface area contributed by atoms with E-state index in [4.69, 9.17) is 11.6 Å². The van der Waals surface area contributed by atoms with Gasteiger partial charge in [0.05, 0.1) is 22.0 Å². The normalized spacial score (nSPS) is 15.8. The molecule has 0 N–H and O–H groups in total. The first-order chi connectivity index (χ1) is 11.5. The lowest BCUT2D eigenvalue weighted by molar-refractivity contribution is -0.114. The molecule has 0 saturated heterocycles. The number of halogens is 1. The van der Waals surface area contributed by atoms with Crippen LogP contribution in [0.5, 0.6) is 0 Å². The van der Waals surface area contributed by atoms with Crippen LogP contribution in [0.1, 0.15) is 12.5 Å². The fourth-order valence-corrected chi connectivity index (χ4v) is 2.72. The molecule has 1 heterocycles. The molecule has 1 amide bonds. The van der Waals surface area contributed by atoms with Crippen molar-refractivity contribution in [3.63, 3.8) is 0 Å². The van der Waals surface area contributed by atoms with Crippen molar-refractivity contribution >= 4 is 40.7 Å². The van der Waals surface area contributed by atoms with E-state index < -0.39 is 0 Å². The van der Waals surface area contributed by atoms with Gasteiger partial charge >= 0.3 is 0 Å². The van der Waals surface area contributed by atoms with Gasteiger partial charge in [0.15, 0.2) is 0 Å². The summed E-state index contributed by atoms with van der Waals surface area (Å²) < 4.78 is 0. The smallest absolute Gasteiger partial charge is 0.280 e. The molecule has 2 aromatic carbocycles. The quantitative estimate of drug-likeness (QED) is 0.785. The van der Waals surface area contributed by atoms with Crippen molar-refractivity contribution in [2.75, 3.05) is 24.0 Å². The van der Waals surface area contributed by atoms with Gasteiger partial charge in [-0.1, -0.05) is 35.9 Å². The maximum absolute atomic E-state index is 12.7. The van der Waals surface area contributed by atoms with Crippen molar-refractivity contribution in [2.24, 2.45) is 5.10 Å².